The molecule has 2 rings (SSSR count). The van der Waals surface area contributed by atoms with Gasteiger partial charge in [0, 0.05) is 5.92 Å². The van der Waals surface area contributed by atoms with Gasteiger partial charge in [-0.2, -0.15) is 0 Å². The molecule has 1 nitrogen and oxygen atoms in total. The van der Waals surface area contributed by atoms with Gasteiger partial charge in [-0.15, -0.1) is 6.58 Å². The second-order valence-corrected chi connectivity index (χ2v) is 5.99. The Morgan fingerprint density at radius 1 is 1.47 bits per heavy atom. The number of aliphatic hydroxyl groups is 1. The molecule has 0 fully saturated rings. The van der Waals surface area contributed by atoms with Crippen molar-refractivity contribution in [3.05, 3.63) is 47.6 Å². The van der Waals surface area contributed by atoms with Crippen LogP contribution in [0.3, 0.4) is 0 Å². The lowest BCUT2D eigenvalue weighted by Gasteiger charge is -2.30. The van der Waals surface area contributed by atoms with Crippen LogP contribution < -0.4 is 0 Å². The van der Waals surface area contributed by atoms with Crippen molar-refractivity contribution in [1.29, 1.82) is 0 Å². The third-order valence-electron chi connectivity index (χ3n) is 4.61. The number of rotatable bonds is 6. The Kier molecular flexibility index (Phi) is 4.81. The SMILES string of the molecule is C=CCCCC(=C)C1CCC(C)C2=C1C=C(CO)C2. The first-order valence-corrected chi connectivity index (χ1v) is 7.49. The molecular weight excluding hydrogens is 232 g/mol. The van der Waals surface area contributed by atoms with Crippen LogP contribution in [0.25, 0.3) is 0 Å². The average Bonchev–Trinajstić information content (AvgIpc) is 2.84. The van der Waals surface area contributed by atoms with Gasteiger partial charge in [0.15, 0.2) is 0 Å². The maximum atomic E-state index is 9.37. The van der Waals surface area contributed by atoms with Crippen LogP contribution in [-0.2, 0) is 0 Å². The Hall–Kier alpha value is -1.08. The van der Waals surface area contributed by atoms with Gasteiger partial charge in [0.05, 0.1) is 6.61 Å². The van der Waals surface area contributed by atoms with Crippen LogP contribution >= 0.6 is 0 Å². The summed E-state index contributed by atoms with van der Waals surface area (Å²) in [7, 11) is 0. The highest BCUT2D eigenvalue weighted by Gasteiger charge is 2.31. The molecule has 0 radical (unpaired) electrons. The highest BCUT2D eigenvalue weighted by atomic mass is 16.3. The van der Waals surface area contributed by atoms with Crippen LogP contribution in [0.4, 0.5) is 0 Å². The van der Waals surface area contributed by atoms with E-state index in [2.05, 4.69) is 26.2 Å². The Balaban J connectivity index is 2.10. The van der Waals surface area contributed by atoms with E-state index in [1.165, 1.54) is 29.6 Å². The highest BCUT2D eigenvalue weighted by molar-refractivity contribution is 5.46. The maximum absolute atomic E-state index is 9.37. The molecule has 0 saturated carbocycles. The van der Waals surface area contributed by atoms with E-state index in [-0.39, 0.29) is 6.61 Å². The highest BCUT2D eigenvalue weighted by Crippen LogP contribution is 2.45. The molecule has 2 unspecified atom stereocenters. The lowest BCUT2D eigenvalue weighted by molar-refractivity contribution is 0.328. The fraction of sp³-hybridized carbons (Fsp3) is 0.556. The zero-order valence-corrected chi connectivity index (χ0v) is 12.1. The van der Waals surface area contributed by atoms with Gasteiger partial charge in [0.1, 0.15) is 0 Å². The molecule has 0 amide bonds. The molecular formula is C18H26O. The zero-order valence-electron chi connectivity index (χ0n) is 12.1. The molecule has 1 N–H and O–H groups in total. The Labute approximate surface area is 117 Å². The van der Waals surface area contributed by atoms with Crippen LogP contribution in [0.2, 0.25) is 0 Å². The van der Waals surface area contributed by atoms with Gasteiger partial charge >= 0.3 is 0 Å². The molecule has 0 bridgehead atoms. The van der Waals surface area contributed by atoms with Gasteiger partial charge < -0.3 is 5.11 Å². The topological polar surface area (TPSA) is 20.2 Å². The smallest absolute Gasteiger partial charge is 0.0648 e. The van der Waals surface area contributed by atoms with Crippen LogP contribution in [0.5, 0.6) is 0 Å². The molecule has 2 aliphatic carbocycles. The molecule has 1 heteroatoms. The summed E-state index contributed by atoms with van der Waals surface area (Å²) in [4.78, 5) is 0. The lowest BCUT2D eigenvalue weighted by atomic mass is 9.75. The van der Waals surface area contributed by atoms with Gasteiger partial charge in [-0.05, 0) is 55.6 Å². The van der Waals surface area contributed by atoms with Gasteiger partial charge in [0.25, 0.3) is 0 Å². The van der Waals surface area contributed by atoms with Crippen molar-refractivity contribution < 1.29 is 5.11 Å². The predicted octanol–water partition coefficient (Wildman–Crippen LogP) is 4.56. The first-order valence-electron chi connectivity index (χ1n) is 7.49. The van der Waals surface area contributed by atoms with Crippen LogP contribution in [0, 0.1) is 11.8 Å². The molecule has 0 spiro atoms. The molecule has 0 saturated heterocycles. The van der Waals surface area contributed by atoms with Gasteiger partial charge in [0.2, 0.25) is 0 Å². The molecule has 0 aromatic carbocycles. The normalized spacial score (nSPS) is 26.1. The van der Waals surface area contributed by atoms with Crippen molar-refractivity contribution in [2.24, 2.45) is 11.8 Å². The lowest BCUT2D eigenvalue weighted by Crippen LogP contribution is -2.17. The summed E-state index contributed by atoms with van der Waals surface area (Å²) in [6.45, 7) is 10.6. The first-order chi connectivity index (χ1) is 9.17. The fourth-order valence-corrected chi connectivity index (χ4v) is 3.41. The number of hydrogen-bond donors (Lipinski definition) is 1. The van der Waals surface area contributed by atoms with Crippen molar-refractivity contribution in [3.63, 3.8) is 0 Å². The van der Waals surface area contributed by atoms with Crippen molar-refractivity contribution in [2.45, 2.75) is 45.4 Å². The standard InChI is InChI=1S/C18H26O/c1-4-5-6-7-13(2)16-9-8-14(3)17-10-15(12-19)11-18(16)17/h4,11,14,16,19H,1-2,5-10,12H2,3H3. The van der Waals surface area contributed by atoms with Crippen LogP contribution in [0.1, 0.15) is 45.4 Å². The zero-order chi connectivity index (χ0) is 13.8. The van der Waals surface area contributed by atoms with Crippen molar-refractivity contribution in [1.82, 2.24) is 0 Å². The minimum atomic E-state index is 0.204. The molecule has 0 aromatic rings. The van der Waals surface area contributed by atoms with Gasteiger partial charge in [-0.1, -0.05) is 36.8 Å². The summed E-state index contributed by atoms with van der Waals surface area (Å²) < 4.78 is 0. The average molecular weight is 258 g/mol. The largest absolute Gasteiger partial charge is 0.392 e. The Bertz CT molecular complexity index is 425. The monoisotopic (exact) mass is 258 g/mol. The minimum Gasteiger partial charge on any atom is -0.392 e. The minimum absolute atomic E-state index is 0.204. The Morgan fingerprint density at radius 2 is 2.26 bits per heavy atom. The number of aliphatic hydroxyl groups excluding tert-OH is 1. The van der Waals surface area contributed by atoms with E-state index in [0.29, 0.717) is 11.8 Å². The molecule has 2 aliphatic rings. The van der Waals surface area contributed by atoms with Gasteiger partial charge in [-0.3, -0.25) is 0 Å². The summed E-state index contributed by atoms with van der Waals surface area (Å²) in [5, 5.41) is 9.37. The second kappa shape index (κ2) is 6.38. The summed E-state index contributed by atoms with van der Waals surface area (Å²) in [6.07, 6.45) is 11.0. The third kappa shape index (κ3) is 3.09. The van der Waals surface area contributed by atoms with Crippen LogP contribution in [-0.4, -0.2) is 11.7 Å². The molecule has 104 valence electrons. The quantitative estimate of drug-likeness (QED) is 0.547. The summed E-state index contributed by atoms with van der Waals surface area (Å²) in [6, 6.07) is 0. The summed E-state index contributed by atoms with van der Waals surface area (Å²) in [5.41, 5.74) is 5.59. The van der Waals surface area contributed by atoms with E-state index in [4.69, 9.17) is 0 Å². The number of hydrogen-bond acceptors (Lipinski definition) is 1. The maximum Gasteiger partial charge on any atom is 0.0648 e. The van der Waals surface area contributed by atoms with E-state index in [1.54, 1.807) is 5.57 Å². The first kappa shape index (κ1) is 14.3. The molecule has 0 aromatic heterocycles. The van der Waals surface area contributed by atoms with Crippen molar-refractivity contribution in [2.75, 3.05) is 6.61 Å². The van der Waals surface area contributed by atoms with Crippen LogP contribution in [0.15, 0.2) is 47.6 Å². The van der Waals surface area contributed by atoms with Crippen molar-refractivity contribution in [3.8, 4) is 0 Å². The summed E-state index contributed by atoms with van der Waals surface area (Å²) >= 11 is 0. The number of allylic oxidation sites excluding steroid dienone is 5. The summed E-state index contributed by atoms with van der Waals surface area (Å²) in [5.74, 6) is 1.20. The van der Waals surface area contributed by atoms with E-state index in [0.717, 1.165) is 25.7 Å². The molecule has 0 heterocycles. The van der Waals surface area contributed by atoms with E-state index < -0.39 is 0 Å². The van der Waals surface area contributed by atoms with Gasteiger partial charge in [-0.25, -0.2) is 0 Å². The Morgan fingerprint density at radius 3 is 2.95 bits per heavy atom. The molecule has 2 atom stereocenters. The second-order valence-electron chi connectivity index (χ2n) is 5.99. The van der Waals surface area contributed by atoms with E-state index >= 15 is 0 Å². The predicted molar refractivity (Wildman–Crippen MR) is 81.9 cm³/mol. The number of unbranched alkanes of at least 4 members (excludes halogenated alkanes) is 1. The van der Waals surface area contributed by atoms with E-state index in [1.807, 2.05) is 6.08 Å². The van der Waals surface area contributed by atoms with E-state index in [9.17, 15) is 5.11 Å². The molecule has 19 heavy (non-hydrogen) atoms. The van der Waals surface area contributed by atoms with Crippen molar-refractivity contribution >= 4 is 0 Å². The molecule has 0 aliphatic heterocycles. The third-order valence-corrected chi connectivity index (χ3v) is 4.61. The fourth-order valence-electron chi connectivity index (χ4n) is 3.41.